The van der Waals surface area contributed by atoms with Crippen LogP contribution in [0.15, 0.2) is 170 Å². The van der Waals surface area contributed by atoms with E-state index in [1.807, 2.05) is 21.1 Å². The number of phosphoric acid groups is 1. The summed E-state index contributed by atoms with van der Waals surface area (Å²) in [4.78, 5) is 37.8. The first-order valence-corrected chi connectivity index (χ1v) is 29.3. The molecule has 74 heavy (non-hydrogen) atoms. The number of hydrogen-bond donors (Lipinski definition) is 0. The number of phosphoric ester groups is 1. The molecule has 0 aromatic carbocycles. The van der Waals surface area contributed by atoms with Gasteiger partial charge in [-0.1, -0.05) is 197 Å². The summed E-state index contributed by atoms with van der Waals surface area (Å²) < 4.78 is 34.0. The van der Waals surface area contributed by atoms with E-state index in [1.54, 1.807) is 0 Å². The second-order valence-corrected chi connectivity index (χ2v) is 20.2. The SMILES string of the molecule is CC/C=C\C/C=C\C/C=C\C/C=C\C/C=C\C/C=C\C/C=C\C/C=C\CCCCC(=O)OC(COC(=O)CCCCCC/C=C\C/C=C\C/C=C\C/C=C\C/C=C\C/C=C\CC)COP(=O)([O-])OCC[N+](C)(C)C. The molecular weight excluding hydrogens is 942 g/mol. The molecule has 0 rings (SSSR count). The van der Waals surface area contributed by atoms with Crippen molar-refractivity contribution in [2.24, 2.45) is 0 Å². The van der Waals surface area contributed by atoms with Gasteiger partial charge in [-0.2, -0.15) is 0 Å². The minimum absolute atomic E-state index is 0.0554. The lowest BCUT2D eigenvalue weighted by atomic mass is 10.1. The highest BCUT2D eigenvalue weighted by atomic mass is 31.2. The predicted molar refractivity (Wildman–Crippen MR) is 313 cm³/mol. The third kappa shape index (κ3) is 56.7. The molecule has 414 valence electrons. The molecule has 0 amide bonds. The van der Waals surface area contributed by atoms with Gasteiger partial charge in [0.15, 0.2) is 6.10 Å². The number of nitrogens with zero attached hydrogens (tertiary/aromatic N) is 1. The van der Waals surface area contributed by atoms with Gasteiger partial charge < -0.3 is 27.9 Å². The largest absolute Gasteiger partial charge is 0.756 e. The molecule has 0 aliphatic heterocycles. The van der Waals surface area contributed by atoms with Gasteiger partial charge in [-0.25, -0.2) is 0 Å². The highest BCUT2D eigenvalue weighted by molar-refractivity contribution is 7.45. The van der Waals surface area contributed by atoms with Crippen molar-refractivity contribution in [3.63, 3.8) is 0 Å². The van der Waals surface area contributed by atoms with Crippen LogP contribution in [0.3, 0.4) is 0 Å². The molecule has 9 nitrogen and oxygen atoms in total. The first kappa shape index (κ1) is 69.4. The Morgan fingerprint density at radius 1 is 0.419 bits per heavy atom. The number of likely N-dealkylation sites (N-methyl/N-ethyl adjacent to an activating group) is 1. The topological polar surface area (TPSA) is 111 Å². The van der Waals surface area contributed by atoms with Crippen LogP contribution in [-0.2, 0) is 32.7 Å². The summed E-state index contributed by atoms with van der Waals surface area (Å²) in [6, 6.07) is 0. The van der Waals surface area contributed by atoms with E-state index in [9.17, 15) is 19.0 Å². The van der Waals surface area contributed by atoms with E-state index < -0.39 is 32.5 Å². The van der Waals surface area contributed by atoms with Gasteiger partial charge in [-0.05, 0) is 128 Å². The summed E-state index contributed by atoms with van der Waals surface area (Å²) in [6.45, 7) is 3.89. The molecule has 0 aliphatic rings. The van der Waals surface area contributed by atoms with E-state index in [-0.39, 0.29) is 26.1 Å². The average Bonchev–Trinajstić information content (AvgIpc) is 3.36. The monoisotopic (exact) mass is 1040 g/mol. The Morgan fingerprint density at radius 3 is 1.09 bits per heavy atom. The molecule has 0 heterocycles. The van der Waals surface area contributed by atoms with E-state index in [1.165, 1.54) is 0 Å². The highest BCUT2D eigenvalue weighted by Gasteiger charge is 2.21. The number of carbonyl (C=O) groups excluding carboxylic acids is 2. The van der Waals surface area contributed by atoms with Gasteiger partial charge in [0.25, 0.3) is 7.82 Å². The molecule has 2 atom stereocenters. The molecule has 0 spiro atoms. The van der Waals surface area contributed by atoms with E-state index in [4.69, 9.17) is 18.5 Å². The quantitative estimate of drug-likeness (QED) is 0.0195. The lowest BCUT2D eigenvalue weighted by molar-refractivity contribution is -0.870. The fourth-order valence-electron chi connectivity index (χ4n) is 6.50. The second-order valence-electron chi connectivity index (χ2n) is 18.8. The molecule has 10 heteroatoms. The summed E-state index contributed by atoms with van der Waals surface area (Å²) >= 11 is 0. The summed E-state index contributed by atoms with van der Waals surface area (Å²) in [5.74, 6) is -0.933. The Kier molecular flexibility index (Phi) is 49.9. The number of esters is 2. The summed E-state index contributed by atoms with van der Waals surface area (Å²) in [5.41, 5.74) is 0. The first-order valence-electron chi connectivity index (χ1n) is 27.8. The maximum atomic E-state index is 12.8. The Morgan fingerprint density at radius 2 is 0.730 bits per heavy atom. The van der Waals surface area contributed by atoms with Gasteiger partial charge in [0, 0.05) is 12.8 Å². The zero-order valence-corrected chi connectivity index (χ0v) is 47.6. The number of quaternary nitrogens is 1. The van der Waals surface area contributed by atoms with Crippen molar-refractivity contribution in [1.82, 2.24) is 0 Å². The molecule has 0 aromatic heterocycles. The van der Waals surface area contributed by atoms with Crippen LogP contribution in [0.25, 0.3) is 0 Å². The van der Waals surface area contributed by atoms with Crippen LogP contribution in [0.4, 0.5) is 0 Å². The van der Waals surface area contributed by atoms with Crippen LogP contribution >= 0.6 is 7.82 Å². The molecule has 0 saturated carbocycles. The van der Waals surface area contributed by atoms with E-state index in [0.717, 1.165) is 128 Å². The normalized spacial score (nSPS) is 14.6. The number of rotatable bonds is 48. The molecule has 0 N–H and O–H groups in total. The van der Waals surface area contributed by atoms with Gasteiger partial charge in [0.1, 0.15) is 19.8 Å². The van der Waals surface area contributed by atoms with Crippen molar-refractivity contribution in [1.29, 1.82) is 0 Å². The Bertz CT molecular complexity index is 1850. The first-order chi connectivity index (χ1) is 36.0. The average molecular weight is 1040 g/mol. The zero-order chi connectivity index (χ0) is 54.2. The van der Waals surface area contributed by atoms with Crippen molar-refractivity contribution in [2.45, 2.75) is 174 Å². The van der Waals surface area contributed by atoms with E-state index in [0.29, 0.717) is 23.9 Å². The van der Waals surface area contributed by atoms with Gasteiger partial charge in [-0.15, -0.1) is 0 Å². The van der Waals surface area contributed by atoms with Crippen LogP contribution in [0.5, 0.6) is 0 Å². The van der Waals surface area contributed by atoms with Crippen molar-refractivity contribution < 1.29 is 42.1 Å². The smallest absolute Gasteiger partial charge is 0.306 e. The van der Waals surface area contributed by atoms with Crippen molar-refractivity contribution in [3.05, 3.63) is 170 Å². The summed E-state index contributed by atoms with van der Waals surface area (Å²) in [5, 5.41) is 0. The molecule has 0 fully saturated rings. The van der Waals surface area contributed by atoms with Crippen LogP contribution < -0.4 is 4.89 Å². The fourth-order valence-corrected chi connectivity index (χ4v) is 7.22. The molecule has 0 bridgehead atoms. The number of allylic oxidation sites excluding steroid dienone is 28. The van der Waals surface area contributed by atoms with Gasteiger partial charge in [-0.3, -0.25) is 14.2 Å². The fraction of sp³-hybridized carbons (Fsp3) is 0.531. The zero-order valence-electron chi connectivity index (χ0n) is 46.7. The minimum atomic E-state index is -4.67. The maximum absolute atomic E-state index is 12.8. The Balaban J connectivity index is 4.41. The van der Waals surface area contributed by atoms with Crippen molar-refractivity contribution in [2.75, 3.05) is 47.5 Å². The van der Waals surface area contributed by atoms with Gasteiger partial charge in [0.2, 0.25) is 0 Å². The summed E-state index contributed by atoms with van der Waals surface area (Å²) in [7, 11) is 1.09. The molecule has 0 aliphatic carbocycles. The Labute approximate surface area is 451 Å². The maximum Gasteiger partial charge on any atom is 0.306 e. The van der Waals surface area contributed by atoms with Crippen molar-refractivity contribution >= 4 is 19.8 Å². The van der Waals surface area contributed by atoms with Crippen LogP contribution in [-0.4, -0.2) is 70.0 Å². The lowest BCUT2D eigenvalue weighted by Crippen LogP contribution is -2.37. The highest BCUT2D eigenvalue weighted by Crippen LogP contribution is 2.38. The molecule has 0 aromatic rings. The molecule has 0 saturated heterocycles. The Hall–Kier alpha value is -4.63. The molecular formula is C64H100NO8P. The number of unbranched alkanes of at least 4 members (excludes halogenated alkanes) is 6. The molecule has 2 unspecified atom stereocenters. The van der Waals surface area contributed by atoms with Gasteiger partial charge in [0.05, 0.1) is 27.7 Å². The van der Waals surface area contributed by atoms with Crippen LogP contribution in [0.2, 0.25) is 0 Å². The lowest BCUT2D eigenvalue weighted by Gasteiger charge is -2.28. The predicted octanol–water partition coefficient (Wildman–Crippen LogP) is 16.8. The van der Waals surface area contributed by atoms with Crippen molar-refractivity contribution in [3.8, 4) is 0 Å². The third-order valence-corrected chi connectivity index (χ3v) is 11.7. The number of ether oxygens (including phenoxy) is 2. The standard InChI is InChI=1S/C64H100NO8P/c1-6-8-10-12-14-16-18-20-22-24-26-28-30-31-32-33-35-37-39-41-43-45-47-49-51-53-55-57-64(67)73-62(61-72-74(68,69)71-59-58-65(3,4)5)60-70-63(66)56-54-52-50-48-46-44-42-40-38-36-34-29-27-25-23-21-19-17-15-13-11-9-7-2/h8-11,14-17,20-23,26-29,31-32,35-38,41-44,47,49,62H,6-7,12-13,18-19,24-25,30,33-34,39-40,45-46,48,50-61H2,1-5H3/b10-8-,11-9-,16-14-,17-15-,22-20-,23-21-,28-26-,29-27-,32-31-,37-35-,38-36-,43-41-,44-42-,49-47-. The van der Waals surface area contributed by atoms with Crippen LogP contribution in [0, 0.1) is 0 Å². The van der Waals surface area contributed by atoms with Crippen LogP contribution in [0.1, 0.15) is 168 Å². The molecule has 0 radical (unpaired) electrons. The van der Waals surface area contributed by atoms with E-state index >= 15 is 0 Å². The van der Waals surface area contributed by atoms with E-state index in [2.05, 4.69) is 184 Å². The number of carbonyl (C=O) groups is 2. The number of hydrogen-bond acceptors (Lipinski definition) is 8. The summed E-state index contributed by atoms with van der Waals surface area (Å²) in [6.07, 6.45) is 81.1. The second kappa shape index (κ2) is 53.2. The van der Waals surface area contributed by atoms with Gasteiger partial charge >= 0.3 is 11.9 Å². The third-order valence-electron chi connectivity index (χ3n) is 10.7. The minimum Gasteiger partial charge on any atom is -0.756 e.